The van der Waals surface area contributed by atoms with Crippen molar-refractivity contribution >= 4 is 46.2 Å². The molecular formula is C30H33N3O2S2. The summed E-state index contributed by atoms with van der Waals surface area (Å²) in [5, 5.41) is 5.02. The molecule has 0 saturated heterocycles. The van der Waals surface area contributed by atoms with E-state index in [0.29, 0.717) is 19.5 Å². The lowest BCUT2D eigenvalue weighted by atomic mass is 9.99. The van der Waals surface area contributed by atoms with Gasteiger partial charge in [-0.15, -0.1) is 30.1 Å². The lowest BCUT2D eigenvalue weighted by molar-refractivity contribution is 0.206. The maximum Gasteiger partial charge on any atom is 0.322 e. The molecule has 1 N–H and O–H groups in total. The molecule has 2 heterocycles. The van der Waals surface area contributed by atoms with Gasteiger partial charge in [-0.25, -0.2) is 9.78 Å². The summed E-state index contributed by atoms with van der Waals surface area (Å²) < 4.78 is 6.39. The van der Waals surface area contributed by atoms with Crippen molar-refractivity contribution in [3.05, 3.63) is 83.8 Å². The lowest BCUT2D eigenvalue weighted by Gasteiger charge is -2.24. The molecule has 0 atom stereocenters. The van der Waals surface area contributed by atoms with E-state index in [2.05, 4.69) is 67.1 Å². The summed E-state index contributed by atoms with van der Waals surface area (Å²) in [4.78, 5) is 21.1. The first kappa shape index (κ1) is 26.9. The summed E-state index contributed by atoms with van der Waals surface area (Å²) in [6.07, 6.45) is 6.48. The van der Waals surface area contributed by atoms with Gasteiger partial charge in [0.25, 0.3) is 0 Å². The number of carbonyl (C=O) groups is 1. The maximum atomic E-state index is 13.7. The van der Waals surface area contributed by atoms with Crippen LogP contribution in [0.4, 0.5) is 10.5 Å². The average molecular weight is 532 g/mol. The SMILES string of the molecule is C=CCCN(Cc1oc2ccc(C)cc2c1-c1ccc(C)cc1)C(=O)Nc1c(SC)cc(C)nc1SC. The number of amides is 2. The first-order chi connectivity index (χ1) is 17.8. The zero-order valence-electron chi connectivity index (χ0n) is 22.1. The normalized spacial score (nSPS) is 11.1. The Morgan fingerprint density at radius 3 is 2.46 bits per heavy atom. The van der Waals surface area contributed by atoms with Gasteiger partial charge in [0.15, 0.2) is 0 Å². The zero-order valence-corrected chi connectivity index (χ0v) is 23.7. The van der Waals surface area contributed by atoms with E-state index in [9.17, 15) is 4.79 Å². The predicted octanol–water partition coefficient (Wildman–Crippen LogP) is 8.47. The molecule has 0 unspecified atom stereocenters. The van der Waals surface area contributed by atoms with Gasteiger partial charge in [0, 0.05) is 28.1 Å². The van der Waals surface area contributed by atoms with Gasteiger partial charge in [-0.05, 0) is 63.5 Å². The summed E-state index contributed by atoms with van der Waals surface area (Å²) in [7, 11) is 0. The van der Waals surface area contributed by atoms with E-state index < -0.39 is 0 Å². The highest BCUT2D eigenvalue weighted by atomic mass is 32.2. The molecule has 0 radical (unpaired) electrons. The van der Waals surface area contributed by atoms with Crippen molar-refractivity contribution in [1.82, 2.24) is 9.88 Å². The quantitative estimate of drug-likeness (QED) is 0.173. The van der Waals surface area contributed by atoms with E-state index >= 15 is 0 Å². The van der Waals surface area contributed by atoms with Crippen LogP contribution in [0.2, 0.25) is 0 Å². The number of hydrogen-bond donors (Lipinski definition) is 1. The number of hydrogen-bond acceptors (Lipinski definition) is 5. The lowest BCUT2D eigenvalue weighted by Crippen LogP contribution is -2.35. The number of aromatic nitrogens is 1. The Morgan fingerprint density at radius 2 is 1.78 bits per heavy atom. The van der Waals surface area contributed by atoms with Crippen LogP contribution >= 0.6 is 23.5 Å². The number of fused-ring (bicyclic) bond motifs is 1. The van der Waals surface area contributed by atoms with E-state index in [1.807, 2.05) is 37.6 Å². The molecule has 0 saturated carbocycles. The molecule has 2 aromatic carbocycles. The van der Waals surface area contributed by atoms with Crippen LogP contribution in [0.25, 0.3) is 22.1 Å². The van der Waals surface area contributed by atoms with Crippen molar-refractivity contribution in [2.75, 3.05) is 24.4 Å². The largest absolute Gasteiger partial charge is 0.459 e. The molecule has 2 aromatic heterocycles. The summed E-state index contributed by atoms with van der Waals surface area (Å²) in [6.45, 7) is 10.8. The van der Waals surface area contributed by atoms with Gasteiger partial charge in [-0.3, -0.25) is 0 Å². The average Bonchev–Trinajstić information content (AvgIpc) is 3.24. The molecule has 4 rings (SSSR count). The van der Waals surface area contributed by atoms with Crippen LogP contribution in [0.5, 0.6) is 0 Å². The van der Waals surface area contributed by atoms with Gasteiger partial charge in [0.2, 0.25) is 0 Å². The number of carbonyl (C=O) groups excluding carboxylic acids is 1. The fourth-order valence-corrected chi connectivity index (χ4v) is 5.61. The van der Waals surface area contributed by atoms with E-state index in [1.165, 1.54) is 17.3 Å². The second-order valence-corrected chi connectivity index (χ2v) is 10.7. The topological polar surface area (TPSA) is 58.4 Å². The maximum absolute atomic E-state index is 13.7. The summed E-state index contributed by atoms with van der Waals surface area (Å²) in [5.41, 5.74) is 6.96. The Kier molecular flexibility index (Phi) is 8.67. The highest BCUT2D eigenvalue weighted by molar-refractivity contribution is 7.99. The molecule has 0 aliphatic heterocycles. The van der Waals surface area contributed by atoms with Gasteiger partial charge in [-0.2, -0.15) is 0 Å². The van der Waals surface area contributed by atoms with Gasteiger partial charge >= 0.3 is 6.03 Å². The fraction of sp³-hybridized carbons (Fsp3) is 0.267. The summed E-state index contributed by atoms with van der Waals surface area (Å²) >= 11 is 3.13. The second kappa shape index (κ2) is 11.9. The number of pyridine rings is 1. The monoisotopic (exact) mass is 531 g/mol. The van der Waals surface area contributed by atoms with E-state index in [0.717, 1.165) is 54.7 Å². The van der Waals surface area contributed by atoms with Crippen LogP contribution in [-0.4, -0.2) is 35.0 Å². The minimum Gasteiger partial charge on any atom is -0.459 e. The molecule has 2 amide bonds. The van der Waals surface area contributed by atoms with E-state index in [-0.39, 0.29) is 6.03 Å². The number of furan rings is 1. The highest BCUT2D eigenvalue weighted by Crippen LogP contribution is 2.37. The van der Waals surface area contributed by atoms with Crippen LogP contribution < -0.4 is 5.32 Å². The van der Waals surface area contributed by atoms with Crippen molar-refractivity contribution in [3.63, 3.8) is 0 Å². The van der Waals surface area contributed by atoms with Crippen molar-refractivity contribution in [2.24, 2.45) is 0 Å². The van der Waals surface area contributed by atoms with Gasteiger partial charge in [-0.1, -0.05) is 47.5 Å². The van der Waals surface area contributed by atoms with Crippen LogP contribution in [0.15, 0.2) is 75.5 Å². The number of benzene rings is 2. The number of nitrogens with one attached hydrogen (secondary N) is 1. The molecule has 4 aromatic rings. The molecule has 192 valence electrons. The zero-order chi connectivity index (χ0) is 26.5. The second-order valence-electron chi connectivity index (χ2n) is 9.05. The van der Waals surface area contributed by atoms with Crippen LogP contribution in [0.3, 0.4) is 0 Å². The standard InChI is InChI=1S/C30H33N3O2S2/c1-7-8-15-33(30(34)32-28-26(36-5)17-21(4)31-29(28)37-6)18-25-27(22-12-9-19(2)10-13-22)23-16-20(3)11-14-24(23)35-25/h7,9-14,16-17H,1,8,15,18H2,2-6H3,(H,32,34). The van der Waals surface area contributed by atoms with Gasteiger partial charge in [0.1, 0.15) is 16.4 Å². The van der Waals surface area contributed by atoms with Crippen LogP contribution in [0, 0.1) is 20.8 Å². The predicted molar refractivity (Wildman–Crippen MR) is 158 cm³/mol. The minimum absolute atomic E-state index is 0.190. The summed E-state index contributed by atoms with van der Waals surface area (Å²) in [6, 6.07) is 16.5. The molecule has 37 heavy (non-hydrogen) atoms. The molecule has 7 heteroatoms. The molecule has 0 aliphatic carbocycles. The van der Waals surface area contributed by atoms with E-state index in [4.69, 9.17) is 4.42 Å². The first-order valence-corrected chi connectivity index (χ1v) is 14.6. The third kappa shape index (κ3) is 6.05. The van der Waals surface area contributed by atoms with Crippen molar-refractivity contribution in [2.45, 2.75) is 43.7 Å². The van der Waals surface area contributed by atoms with E-state index in [1.54, 1.807) is 16.7 Å². The Bertz CT molecular complexity index is 1400. The Balaban J connectivity index is 1.74. The molecule has 0 aliphatic rings. The first-order valence-electron chi connectivity index (χ1n) is 12.2. The van der Waals surface area contributed by atoms with Crippen LogP contribution in [0.1, 0.15) is 29.0 Å². The smallest absolute Gasteiger partial charge is 0.322 e. The summed E-state index contributed by atoms with van der Waals surface area (Å²) in [5.74, 6) is 0.765. The number of aryl methyl sites for hydroxylation is 3. The van der Waals surface area contributed by atoms with Crippen molar-refractivity contribution in [3.8, 4) is 11.1 Å². The molecule has 0 spiro atoms. The Morgan fingerprint density at radius 1 is 1.05 bits per heavy atom. The Labute approximate surface area is 227 Å². The third-order valence-electron chi connectivity index (χ3n) is 6.20. The third-order valence-corrected chi connectivity index (χ3v) is 7.65. The fourth-order valence-electron chi connectivity index (χ4n) is 4.31. The van der Waals surface area contributed by atoms with Gasteiger partial charge in [0.05, 0.1) is 12.2 Å². The molecule has 0 fully saturated rings. The number of rotatable bonds is 9. The molecule has 0 bridgehead atoms. The number of thioether (sulfide) groups is 2. The minimum atomic E-state index is -0.190. The molecular weight excluding hydrogens is 498 g/mol. The van der Waals surface area contributed by atoms with Gasteiger partial charge < -0.3 is 14.6 Å². The number of anilines is 1. The number of nitrogens with zero attached hydrogens (tertiary/aromatic N) is 2. The number of urea groups is 1. The molecule has 5 nitrogen and oxygen atoms in total. The Hall–Kier alpha value is -3.16. The highest BCUT2D eigenvalue weighted by Gasteiger charge is 2.23. The van der Waals surface area contributed by atoms with Crippen LogP contribution in [-0.2, 0) is 6.54 Å². The van der Waals surface area contributed by atoms with Crippen molar-refractivity contribution in [1.29, 1.82) is 0 Å². The van der Waals surface area contributed by atoms with Crippen molar-refractivity contribution < 1.29 is 9.21 Å².